The molecule has 3 N–H and O–H groups in total. The normalized spacial score (nSPS) is 37.4. The van der Waals surface area contributed by atoms with Crippen molar-refractivity contribution in [2.75, 3.05) is 52.6 Å². The van der Waals surface area contributed by atoms with Gasteiger partial charge >= 0.3 is 7.75 Å². The molecule has 2 heterocycles. The maximum absolute atomic E-state index is 12.1. The van der Waals surface area contributed by atoms with E-state index in [1.165, 1.54) is 0 Å². The first kappa shape index (κ1) is 15.4. The molecule has 112 valence electrons. The molecule has 0 radical (unpaired) electrons. The SMILES string of the molecule is CC1(N)COP(=O)(NCCCN2CCOCC2)OC1. The van der Waals surface area contributed by atoms with Gasteiger partial charge in [-0.25, -0.2) is 9.65 Å². The zero-order valence-corrected chi connectivity index (χ0v) is 12.4. The second-order valence-corrected chi connectivity index (χ2v) is 7.24. The van der Waals surface area contributed by atoms with Gasteiger partial charge in [0, 0.05) is 19.6 Å². The third kappa shape index (κ3) is 5.11. The third-order valence-electron chi connectivity index (χ3n) is 3.19. The van der Waals surface area contributed by atoms with Crippen LogP contribution in [0.5, 0.6) is 0 Å². The van der Waals surface area contributed by atoms with Crippen LogP contribution in [-0.2, 0) is 18.3 Å². The standard InChI is InChI=1S/C11H24N3O4P/c1-11(12)9-17-19(15,18-10-11)13-3-2-4-14-5-7-16-8-6-14/h2-10,12H2,1H3,(H,13,15). The minimum Gasteiger partial charge on any atom is -0.379 e. The summed E-state index contributed by atoms with van der Waals surface area (Å²) in [5.41, 5.74) is 5.28. The number of hydrogen-bond acceptors (Lipinski definition) is 6. The van der Waals surface area contributed by atoms with E-state index in [-0.39, 0.29) is 13.2 Å². The lowest BCUT2D eigenvalue weighted by molar-refractivity contribution is 0.0373. The molecule has 19 heavy (non-hydrogen) atoms. The fourth-order valence-corrected chi connectivity index (χ4v) is 3.60. The molecule has 2 aliphatic heterocycles. The lowest BCUT2D eigenvalue weighted by atomic mass is 10.1. The summed E-state index contributed by atoms with van der Waals surface area (Å²) in [7, 11) is -3.14. The molecule has 0 aromatic rings. The number of ether oxygens (including phenoxy) is 1. The molecule has 0 aromatic heterocycles. The van der Waals surface area contributed by atoms with Crippen molar-refractivity contribution in [1.82, 2.24) is 9.99 Å². The smallest absolute Gasteiger partial charge is 0.379 e. The van der Waals surface area contributed by atoms with Crippen LogP contribution in [0, 0.1) is 0 Å². The number of rotatable bonds is 5. The number of nitrogens with one attached hydrogen (secondary N) is 1. The first-order chi connectivity index (χ1) is 8.99. The average molecular weight is 293 g/mol. The van der Waals surface area contributed by atoms with Gasteiger partial charge < -0.3 is 10.5 Å². The van der Waals surface area contributed by atoms with Crippen LogP contribution in [0.1, 0.15) is 13.3 Å². The molecule has 2 aliphatic rings. The van der Waals surface area contributed by atoms with Crippen molar-refractivity contribution < 1.29 is 18.3 Å². The van der Waals surface area contributed by atoms with Crippen molar-refractivity contribution in [3.05, 3.63) is 0 Å². The van der Waals surface area contributed by atoms with Crippen LogP contribution in [0.4, 0.5) is 0 Å². The van der Waals surface area contributed by atoms with Crippen molar-refractivity contribution in [3.63, 3.8) is 0 Å². The summed E-state index contributed by atoms with van der Waals surface area (Å²) < 4.78 is 27.9. The van der Waals surface area contributed by atoms with E-state index in [9.17, 15) is 4.57 Å². The Kier molecular flexibility index (Phi) is 5.37. The Morgan fingerprint density at radius 3 is 2.58 bits per heavy atom. The van der Waals surface area contributed by atoms with Gasteiger partial charge in [-0.3, -0.25) is 13.9 Å². The van der Waals surface area contributed by atoms with E-state index < -0.39 is 13.3 Å². The molecule has 0 spiro atoms. The van der Waals surface area contributed by atoms with Gasteiger partial charge in [0.15, 0.2) is 0 Å². The van der Waals surface area contributed by atoms with Gasteiger partial charge in [-0.2, -0.15) is 0 Å². The predicted octanol–water partition coefficient (Wildman–Crippen LogP) is 0.171. The number of morpholine rings is 1. The van der Waals surface area contributed by atoms with Gasteiger partial charge in [-0.15, -0.1) is 0 Å². The number of hydrogen-bond donors (Lipinski definition) is 2. The van der Waals surface area contributed by atoms with Crippen LogP contribution in [0.2, 0.25) is 0 Å². The van der Waals surface area contributed by atoms with E-state index in [1.54, 1.807) is 0 Å². The van der Waals surface area contributed by atoms with Crippen molar-refractivity contribution in [1.29, 1.82) is 0 Å². The van der Waals surface area contributed by atoms with Gasteiger partial charge in [0.25, 0.3) is 0 Å². The highest BCUT2D eigenvalue weighted by molar-refractivity contribution is 7.51. The summed E-state index contributed by atoms with van der Waals surface area (Å²) in [5.74, 6) is 0. The van der Waals surface area contributed by atoms with E-state index in [0.717, 1.165) is 39.3 Å². The summed E-state index contributed by atoms with van der Waals surface area (Å²) in [6.45, 7) is 7.42. The summed E-state index contributed by atoms with van der Waals surface area (Å²) >= 11 is 0. The fraction of sp³-hybridized carbons (Fsp3) is 1.00. The maximum atomic E-state index is 12.1. The lowest BCUT2D eigenvalue weighted by Gasteiger charge is -2.34. The highest BCUT2D eigenvalue weighted by Gasteiger charge is 2.36. The molecule has 0 atom stereocenters. The van der Waals surface area contributed by atoms with Crippen LogP contribution < -0.4 is 10.8 Å². The van der Waals surface area contributed by atoms with E-state index in [4.69, 9.17) is 19.5 Å². The minimum atomic E-state index is -3.14. The van der Waals surface area contributed by atoms with Gasteiger partial charge in [0.1, 0.15) is 0 Å². The van der Waals surface area contributed by atoms with Crippen LogP contribution >= 0.6 is 7.75 Å². The molecule has 2 fully saturated rings. The van der Waals surface area contributed by atoms with Crippen molar-refractivity contribution in [2.45, 2.75) is 18.9 Å². The summed E-state index contributed by atoms with van der Waals surface area (Å²) in [4.78, 5) is 2.33. The van der Waals surface area contributed by atoms with Gasteiger partial charge in [0.05, 0.1) is 32.0 Å². The molecule has 0 aromatic carbocycles. The molecule has 0 unspecified atom stereocenters. The van der Waals surface area contributed by atoms with Crippen molar-refractivity contribution in [3.8, 4) is 0 Å². The van der Waals surface area contributed by atoms with Crippen molar-refractivity contribution >= 4 is 7.75 Å². The molecule has 2 rings (SSSR count). The monoisotopic (exact) mass is 293 g/mol. The van der Waals surface area contributed by atoms with E-state index >= 15 is 0 Å². The molecular weight excluding hydrogens is 269 g/mol. The van der Waals surface area contributed by atoms with Crippen LogP contribution in [-0.4, -0.2) is 63.0 Å². The summed E-state index contributed by atoms with van der Waals surface area (Å²) in [6, 6.07) is 0. The number of nitrogens with two attached hydrogens (primary N) is 1. The summed E-state index contributed by atoms with van der Waals surface area (Å²) in [6.07, 6.45) is 0.899. The topological polar surface area (TPSA) is 86.0 Å². The quantitative estimate of drug-likeness (QED) is 0.552. The Hall–Kier alpha value is -0.0100. The minimum absolute atomic E-state index is 0.251. The first-order valence-electron chi connectivity index (χ1n) is 6.72. The molecule has 8 heteroatoms. The number of nitrogens with zero attached hydrogens (tertiary/aromatic N) is 1. The Morgan fingerprint density at radius 1 is 1.32 bits per heavy atom. The van der Waals surface area contributed by atoms with E-state index in [2.05, 4.69) is 9.99 Å². The Bertz CT molecular complexity index is 320. The molecule has 0 aliphatic carbocycles. The zero-order valence-electron chi connectivity index (χ0n) is 11.5. The largest absolute Gasteiger partial charge is 0.405 e. The van der Waals surface area contributed by atoms with Crippen molar-refractivity contribution in [2.24, 2.45) is 5.73 Å². The molecule has 2 saturated heterocycles. The average Bonchev–Trinajstić information content (AvgIpc) is 2.40. The zero-order chi connectivity index (χ0) is 13.8. The fourth-order valence-electron chi connectivity index (χ4n) is 1.98. The second kappa shape index (κ2) is 6.63. The Labute approximate surface area is 114 Å². The highest BCUT2D eigenvalue weighted by Crippen LogP contribution is 2.47. The van der Waals surface area contributed by atoms with E-state index in [0.29, 0.717) is 6.54 Å². The molecule has 0 bridgehead atoms. The highest BCUT2D eigenvalue weighted by atomic mass is 31.2. The van der Waals surface area contributed by atoms with Gasteiger partial charge in [-0.1, -0.05) is 0 Å². The lowest BCUT2D eigenvalue weighted by Crippen LogP contribution is -2.49. The maximum Gasteiger partial charge on any atom is 0.405 e. The molecule has 0 amide bonds. The van der Waals surface area contributed by atoms with Gasteiger partial charge in [-0.05, 0) is 19.9 Å². The first-order valence-corrected chi connectivity index (χ1v) is 8.27. The molecular formula is C11H24N3O4P. The van der Waals surface area contributed by atoms with Crippen LogP contribution in [0.25, 0.3) is 0 Å². The second-order valence-electron chi connectivity index (χ2n) is 5.41. The summed E-state index contributed by atoms with van der Waals surface area (Å²) in [5, 5.41) is 2.87. The molecule has 7 nitrogen and oxygen atoms in total. The Balaban J connectivity index is 1.61. The molecule has 0 saturated carbocycles. The third-order valence-corrected chi connectivity index (χ3v) is 4.74. The van der Waals surface area contributed by atoms with Crippen LogP contribution in [0.15, 0.2) is 0 Å². The predicted molar refractivity (Wildman–Crippen MR) is 72.0 cm³/mol. The Morgan fingerprint density at radius 2 is 1.95 bits per heavy atom. The van der Waals surface area contributed by atoms with Gasteiger partial charge in [0.2, 0.25) is 0 Å². The van der Waals surface area contributed by atoms with Crippen LogP contribution in [0.3, 0.4) is 0 Å². The van der Waals surface area contributed by atoms with E-state index in [1.807, 2.05) is 6.92 Å².